The van der Waals surface area contributed by atoms with Crippen LogP contribution in [0.2, 0.25) is 0 Å². The first-order valence-corrected chi connectivity index (χ1v) is 6.47. The molecule has 100 valence electrons. The van der Waals surface area contributed by atoms with Gasteiger partial charge >= 0.3 is 0 Å². The molecule has 3 N–H and O–H groups in total. The summed E-state index contributed by atoms with van der Waals surface area (Å²) in [4.78, 5) is 4.50. The van der Waals surface area contributed by atoms with E-state index < -0.39 is 0 Å². The lowest BCUT2D eigenvalue weighted by atomic mass is 10.1. The molecular formula is C14H19N5. The lowest BCUT2D eigenvalue weighted by Crippen LogP contribution is -2.13. The minimum Gasteiger partial charge on any atom is -0.384 e. The topological polar surface area (TPSA) is 80.6 Å². The molecule has 0 fully saturated rings. The number of hydrogen-bond donors (Lipinski definition) is 2. The summed E-state index contributed by atoms with van der Waals surface area (Å²) in [5.41, 5.74) is 8.23. The SMILES string of the molecule is CCc1nc(CC)n(-c2ccc(C(=N)N)c(C)c2)n1. The molecule has 0 aliphatic carbocycles. The van der Waals surface area contributed by atoms with Crippen LogP contribution in [0.1, 0.15) is 36.6 Å². The normalized spacial score (nSPS) is 10.7. The van der Waals surface area contributed by atoms with Gasteiger partial charge in [0, 0.05) is 18.4 Å². The van der Waals surface area contributed by atoms with E-state index >= 15 is 0 Å². The molecule has 0 saturated carbocycles. The lowest BCUT2D eigenvalue weighted by Gasteiger charge is -2.08. The van der Waals surface area contributed by atoms with Crippen molar-refractivity contribution in [1.82, 2.24) is 14.8 Å². The molecule has 0 atom stereocenters. The van der Waals surface area contributed by atoms with Gasteiger partial charge in [0.05, 0.1) is 5.69 Å². The Morgan fingerprint density at radius 3 is 2.58 bits per heavy atom. The molecule has 1 aromatic heterocycles. The van der Waals surface area contributed by atoms with Crippen molar-refractivity contribution in [1.29, 1.82) is 5.41 Å². The van der Waals surface area contributed by atoms with E-state index in [9.17, 15) is 0 Å². The van der Waals surface area contributed by atoms with E-state index in [-0.39, 0.29) is 5.84 Å². The van der Waals surface area contributed by atoms with Crippen molar-refractivity contribution in [2.24, 2.45) is 5.73 Å². The standard InChI is InChI=1S/C14H19N5/c1-4-12-17-13(5-2)19(18-12)10-6-7-11(14(15)16)9(3)8-10/h6-8H,4-5H2,1-3H3,(H3,15,16). The minimum absolute atomic E-state index is 0.0904. The van der Waals surface area contributed by atoms with Gasteiger partial charge in [-0.1, -0.05) is 13.8 Å². The molecule has 0 aliphatic rings. The number of nitrogen functional groups attached to an aromatic ring is 1. The monoisotopic (exact) mass is 257 g/mol. The summed E-state index contributed by atoms with van der Waals surface area (Å²) in [6.07, 6.45) is 1.66. The molecule has 0 bridgehead atoms. The Labute approximate surface area is 113 Å². The minimum atomic E-state index is 0.0904. The predicted molar refractivity (Wildman–Crippen MR) is 75.9 cm³/mol. The van der Waals surface area contributed by atoms with E-state index in [2.05, 4.69) is 17.0 Å². The van der Waals surface area contributed by atoms with Crippen LogP contribution in [-0.4, -0.2) is 20.6 Å². The Balaban J connectivity index is 2.50. The third kappa shape index (κ3) is 2.50. The van der Waals surface area contributed by atoms with E-state index in [4.69, 9.17) is 11.1 Å². The van der Waals surface area contributed by atoms with Gasteiger partial charge in [-0.25, -0.2) is 9.67 Å². The Bertz CT molecular complexity index is 612. The van der Waals surface area contributed by atoms with Gasteiger partial charge in [-0.05, 0) is 30.7 Å². The molecule has 2 rings (SSSR count). The van der Waals surface area contributed by atoms with Crippen LogP contribution in [0.4, 0.5) is 0 Å². The number of amidine groups is 1. The molecule has 2 aromatic rings. The maximum absolute atomic E-state index is 7.51. The quantitative estimate of drug-likeness (QED) is 0.649. The summed E-state index contributed by atoms with van der Waals surface area (Å²) in [5, 5.41) is 12.0. The zero-order valence-corrected chi connectivity index (χ0v) is 11.6. The summed E-state index contributed by atoms with van der Waals surface area (Å²) in [5.74, 6) is 1.89. The molecule has 0 aliphatic heterocycles. The average Bonchev–Trinajstić information content (AvgIpc) is 2.81. The van der Waals surface area contributed by atoms with E-state index in [1.807, 2.05) is 36.7 Å². The van der Waals surface area contributed by atoms with E-state index in [1.54, 1.807) is 0 Å². The van der Waals surface area contributed by atoms with Crippen molar-refractivity contribution in [3.05, 3.63) is 41.0 Å². The number of aromatic nitrogens is 3. The second-order valence-corrected chi connectivity index (χ2v) is 4.48. The number of nitrogens with one attached hydrogen (secondary N) is 1. The van der Waals surface area contributed by atoms with Gasteiger partial charge < -0.3 is 5.73 Å². The summed E-state index contributed by atoms with van der Waals surface area (Å²) in [7, 11) is 0. The van der Waals surface area contributed by atoms with Crippen LogP contribution < -0.4 is 5.73 Å². The van der Waals surface area contributed by atoms with Gasteiger partial charge in [0.15, 0.2) is 5.82 Å². The summed E-state index contributed by atoms with van der Waals surface area (Å²) >= 11 is 0. The van der Waals surface area contributed by atoms with Crippen LogP contribution in [-0.2, 0) is 12.8 Å². The summed E-state index contributed by atoms with van der Waals surface area (Å²) in [6, 6.07) is 5.78. The second kappa shape index (κ2) is 5.22. The maximum Gasteiger partial charge on any atom is 0.151 e. The summed E-state index contributed by atoms with van der Waals surface area (Å²) in [6.45, 7) is 6.06. The van der Waals surface area contributed by atoms with Crippen molar-refractivity contribution in [3.8, 4) is 5.69 Å². The fourth-order valence-electron chi connectivity index (χ4n) is 2.06. The van der Waals surface area contributed by atoms with Gasteiger partial charge in [-0.2, -0.15) is 5.10 Å². The Morgan fingerprint density at radius 1 is 1.32 bits per heavy atom. The van der Waals surface area contributed by atoms with Crippen molar-refractivity contribution < 1.29 is 0 Å². The largest absolute Gasteiger partial charge is 0.384 e. The molecule has 0 saturated heterocycles. The molecule has 0 radical (unpaired) electrons. The molecule has 5 nitrogen and oxygen atoms in total. The van der Waals surface area contributed by atoms with Crippen molar-refractivity contribution >= 4 is 5.84 Å². The van der Waals surface area contributed by atoms with Crippen LogP contribution in [0.15, 0.2) is 18.2 Å². The first-order valence-electron chi connectivity index (χ1n) is 6.47. The number of benzene rings is 1. The highest BCUT2D eigenvalue weighted by molar-refractivity contribution is 5.96. The number of rotatable bonds is 4. The van der Waals surface area contributed by atoms with E-state index in [0.717, 1.165) is 41.3 Å². The first kappa shape index (κ1) is 13.3. The Kier molecular flexibility index (Phi) is 3.64. The van der Waals surface area contributed by atoms with Crippen LogP contribution in [0.3, 0.4) is 0 Å². The molecule has 5 heteroatoms. The third-order valence-corrected chi connectivity index (χ3v) is 3.10. The van der Waals surface area contributed by atoms with Crippen molar-refractivity contribution in [2.75, 3.05) is 0 Å². The average molecular weight is 257 g/mol. The zero-order valence-electron chi connectivity index (χ0n) is 11.6. The molecule has 1 heterocycles. The van der Waals surface area contributed by atoms with E-state index in [1.165, 1.54) is 0 Å². The number of aryl methyl sites for hydroxylation is 3. The number of nitrogens with zero attached hydrogens (tertiary/aromatic N) is 3. The first-order chi connectivity index (χ1) is 9.06. The highest BCUT2D eigenvalue weighted by atomic mass is 15.3. The van der Waals surface area contributed by atoms with Gasteiger partial charge in [-0.15, -0.1) is 0 Å². The molecule has 0 unspecified atom stereocenters. The molecule has 19 heavy (non-hydrogen) atoms. The van der Waals surface area contributed by atoms with Gasteiger partial charge in [0.25, 0.3) is 0 Å². The maximum atomic E-state index is 7.51. The molecule has 0 spiro atoms. The molecular weight excluding hydrogens is 238 g/mol. The fourth-order valence-corrected chi connectivity index (χ4v) is 2.06. The van der Waals surface area contributed by atoms with Gasteiger partial charge in [0.2, 0.25) is 0 Å². The van der Waals surface area contributed by atoms with Gasteiger partial charge in [-0.3, -0.25) is 5.41 Å². The van der Waals surface area contributed by atoms with Crippen LogP contribution in [0.5, 0.6) is 0 Å². The van der Waals surface area contributed by atoms with Crippen molar-refractivity contribution in [2.45, 2.75) is 33.6 Å². The Hall–Kier alpha value is -2.17. The van der Waals surface area contributed by atoms with Crippen LogP contribution in [0.25, 0.3) is 5.69 Å². The number of hydrogen-bond acceptors (Lipinski definition) is 3. The van der Waals surface area contributed by atoms with Crippen LogP contribution >= 0.6 is 0 Å². The fraction of sp³-hybridized carbons (Fsp3) is 0.357. The van der Waals surface area contributed by atoms with Crippen molar-refractivity contribution in [3.63, 3.8) is 0 Å². The lowest BCUT2D eigenvalue weighted by molar-refractivity contribution is 0.790. The third-order valence-electron chi connectivity index (χ3n) is 3.10. The predicted octanol–water partition coefficient (Wildman–Crippen LogP) is 1.98. The Morgan fingerprint density at radius 2 is 2.05 bits per heavy atom. The molecule has 0 amide bonds. The van der Waals surface area contributed by atoms with Crippen LogP contribution in [0, 0.1) is 12.3 Å². The van der Waals surface area contributed by atoms with Gasteiger partial charge in [0.1, 0.15) is 11.7 Å². The number of nitrogens with two attached hydrogens (primary N) is 1. The zero-order chi connectivity index (χ0) is 14.0. The second-order valence-electron chi connectivity index (χ2n) is 4.48. The smallest absolute Gasteiger partial charge is 0.151 e. The highest BCUT2D eigenvalue weighted by Crippen LogP contribution is 2.16. The molecule has 1 aromatic carbocycles. The van der Waals surface area contributed by atoms with E-state index in [0.29, 0.717) is 0 Å². The highest BCUT2D eigenvalue weighted by Gasteiger charge is 2.10. The summed E-state index contributed by atoms with van der Waals surface area (Å²) < 4.78 is 1.87.